The lowest BCUT2D eigenvalue weighted by atomic mass is 10.1. The number of para-hydroxylation sites is 1. The molecule has 0 aliphatic carbocycles. The summed E-state index contributed by atoms with van der Waals surface area (Å²) in [5.74, 6) is 0.257. The van der Waals surface area contributed by atoms with Gasteiger partial charge in [0.2, 0.25) is 0 Å². The fraction of sp³-hybridized carbons (Fsp3) is 0.263. The molecule has 0 bridgehead atoms. The number of imidazole rings is 1. The van der Waals surface area contributed by atoms with Crippen molar-refractivity contribution in [2.75, 3.05) is 6.54 Å². The number of rotatable bonds is 4. The Morgan fingerprint density at radius 2 is 2.19 bits per heavy atom. The van der Waals surface area contributed by atoms with Crippen molar-refractivity contribution >= 4 is 16.9 Å². The zero-order chi connectivity index (χ0) is 18.3. The van der Waals surface area contributed by atoms with Crippen molar-refractivity contribution < 1.29 is 18.3 Å². The Kier molecular flexibility index (Phi) is 4.06. The molecule has 1 aliphatic rings. The number of ether oxygens (including phenoxy) is 1. The van der Waals surface area contributed by atoms with E-state index in [2.05, 4.69) is 10.3 Å². The van der Waals surface area contributed by atoms with Gasteiger partial charge in [-0.1, -0.05) is 6.07 Å². The first-order chi connectivity index (χ1) is 12.5. The third-order valence-corrected chi connectivity index (χ3v) is 4.59. The second-order valence-electron chi connectivity index (χ2n) is 6.30. The summed E-state index contributed by atoms with van der Waals surface area (Å²) in [6, 6.07) is 9.05. The highest BCUT2D eigenvalue weighted by Gasteiger charge is 2.29. The van der Waals surface area contributed by atoms with Crippen LogP contribution in [0.1, 0.15) is 11.4 Å². The smallest absolute Gasteiger partial charge is 0.261 e. The lowest BCUT2D eigenvalue weighted by Crippen LogP contribution is -2.38. The normalized spacial score (nSPS) is 15.7. The van der Waals surface area contributed by atoms with Crippen LogP contribution in [0, 0.1) is 11.6 Å². The fourth-order valence-electron chi connectivity index (χ4n) is 3.23. The largest absolute Gasteiger partial charge is 0.480 e. The Labute approximate surface area is 148 Å². The Balaban J connectivity index is 1.38. The summed E-state index contributed by atoms with van der Waals surface area (Å²) in [6.45, 7) is 0.349. The summed E-state index contributed by atoms with van der Waals surface area (Å²) in [4.78, 5) is 16.6. The van der Waals surface area contributed by atoms with E-state index < -0.39 is 6.10 Å². The molecule has 4 rings (SSSR count). The highest BCUT2D eigenvalue weighted by atomic mass is 19.1. The van der Waals surface area contributed by atoms with Gasteiger partial charge in [-0.15, -0.1) is 0 Å². The highest BCUT2D eigenvalue weighted by molar-refractivity contribution is 5.82. The van der Waals surface area contributed by atoms with Crippen LogP contribution in [-0.4, -0.2) is 28.1 Å². The van der Waals surface area contributed by atoms with Gasteiger partial charge >= 0.3 is 0 Å². The fourth-order valence-corrected chi connectivity index (χ4v) is 3.23. The van der Waals surface area contributed by atoms with Crippen molar-refractivity contribution in [2.45, 2.75) is 18.9 Å². The molecule has 134 valence electrons. The summed E-state index contributed by atoms with van der Waals surface area (Å²) in [6.07, 6.45) is 0.144. The number of carbonyl (C=O) groups is 1. The zero-order valence-electron chi connectivity index (χ0n) is 14.1. The van der Waals surface area contributed by atoms with Gasteiger partial charge in [-0.3, -0.25) is 4.79 Å². The van der Waals surface area contributed by atoms with Gasteiger partial charge in [-0.25, -0.2) is 13.8 Å². The maximum absolute atomic E-state index is 13.8. The average molecular weight is 357 g/mol. The first-order valence-corrected chi connectivity index (χ1v) is 8.35. The first kappa shape index (κ1) is 16.5. The van der Waals surface area contributed by atoms with Crippen molar-refractivity contribution in [2.24, 2.45) is 7.05 Å². The van der Waals surface area contributed by atoms with E-state index in [1.54, 1.807) is 12.1 Å². The Morgan fingerprint density at radius 3 is 3.00 bits per heavy atom. The quantitative estimate of drug-likeness (QED) is 0.781. The average Bonchev–Trinajstić information content (AvgIpc) is 3.17. The molecule has 1 aromatic heterocycles. The highest BCUT2D eigenvalue weighted by Crippen LogP contribution is 2.29. The van der Waals surface area contributed by atoms with E-state index in [9.17, 15) is 13.6 Å². The number of benzene rings is 2. The molecule has 1 aliphatic heterocycles. The third-order valence-electron chi connectivity index (χ3n) is 4.59. The molecule has 0 fully saturated rings. The minimum absolute atomic E-state index is 0.258. The molecular weight excluding hydrogens is 340 g/mol. The van der Waals surface area contributed by atoms with Gasteiger partial charge < -0.3 is 14.6 Å². The number of hydrogen-bond donors (Lipinski definition) is 1. The first-order valence-electron chi connectivity index (χ1n) is 8.35. The van der Waals surface area contributed by atoms with E-state index in [1.807, 2.05) is 11.6 Å². The number of nitrogens with zero attached hydrogens (tertiary/aromatic N) is 2. The molecule has 1 amide bonds. The predicted molar refractivity (Wildman–Crippen MR) is 91.9 cm³/mol. The standard InChI is InChI=1S/C19H17F2N3O2/c1-24-14-4-2-3-13(21)18(14)23-17(24)7-8-22-19(25)16-10-11-9-12(20)5-6-15(11)26-16/h2-6,9,16H,7-8,10H2,1H3,(H,22,25). The summed E-state index contributed by atoms with van der Waals surface area (Å²) in [5.41, 5.74) is 1.73. The molecule has 1 unspecified atom stereocenters. The molecule has 3 aromatic rings. The minimum atomic E-state index is -0.662. The maximum atomic E-state index is 13.8. The Bertz CT molecular complexity index is 1000. The van der Waals surface area contributed by atoms with Crippen LogP contribution in [0.15, 0.2) is 36.4 Å². The molecule has 5 nitrogen and oxygen atoms in total. The second kappa shape index (κ2) is 6.40. The molecule has 0 radical (unpaired) electrons. The number of aromatic nitrogens is 2. The third kappa shape index (κ3) is 2.89. The van der Waals surface area contributed by atoms with Gasteiger partial charge in [0.25, 0.3) is 5.91 Å². The van der Waals surface area contributed by atoms with E-state index in [4.69, 9.17) is 4.74 Å². The summed E-state index contributed by atoms with van der Waals surface area (Å²) < 4.78 is 34.4. The number of nitrogens with one attached hydrogen (secondary N) is 1. The SMILES string of the molecule is Cn1c(CCNC(=O)C2Cc3cc(F)ccc3O2)nc2c(F)cccc21. The molecule has 1 atom stereocenters. The lowest BCUT2D eigenvalue weighted by Gasteiger charge is -2.11. The Morgan fingerprint density at radius 1 is 1.35 bits per heavy atom. The van der Waals surface area contributed by atoms with Gasteiger partial charge in [0.05, 0.1) is 5.52 Å². The number of fused-ring (bicyclic) bond motifs is 2. The van der Waals surface area contributed by atoms with Crippen LogP contribution in [0.25, 0.3) is 11.0 Å². The maximum Gasteiger partial charge on any atom is 0.261 e. The number of aryl methyl sites for hydroxylation is 1. The molecule has 2 aromatic carbocycles. The molecule has 0 saturated heterocycles. The summed E-state index contributed by atoms with van der Waals surface area (Å²) in [7, 11) is 1.82. The number of amides is 1. The van der Waals surface area contributed by atoms with Crippen LogP contribution in [0.3, 0.4) is 0 Å². The summed E-state index contributed by atoms with van der Waals surface area (Å²) in [5, 5.41) is 2.80. The van der Waals surface area contributed by atoms with E-state index >= 15 is 0 Å². The predicted octanol–water partition coefficient (Wildman–Crippen LogP) is 2.51. The van der Waals surface area contributed by atoms with Crippen LogP contribution < -0.4 is 10.1 Å². The number of carbonyl (C=O) groups excluding carboxylic acids is 1. The van der Waals surface area contributed by atoms with Gasteiger partial charge in [0.1, 0.15) is 22.9 Å². The van der Waals surface area contributed by atoms with E-state index in [1.165, 1.54) is 24.3 Å². The number of halogens is 2. The molecule has 1 N–H and O–H groups in total. The van der Waals surface area contributed by atoms with Gasteiger partial charge in [0, 0.05) is 32.0 Å². The zero-order valence-corrected chi connectivity index (χ0v) is 14.1. The van der Waals surface area contributed by atoms with Gasteiger partial charge in [-0.05, 0) is 30.3 Å². The molecule has 0 spiro atoms. The second-order valence-corrected chi connectivity index (χ2v) is 6.30. The molecule has 0 saturated carbocycles. The monoisotopic (exact) mass is 357 g/mol. The van der Waals surface area contributed by atoms with Crippen molar-refractivity contribution in [3.63, 3.8) is 0 Å². The van der Waals surface area contributed by atoms with Crippen molar-refractivity contribution in [1.82, 2.24) is 14.9 Å². The van der Waals surface area contributed by atoms with Crippen molar-refractivity contribution in [3.05, 3.63) is 59.4 Å². The topological polar surface area (TPSA) is 56.2 Å². The van der Waals surface area contributed by atoms with Gasteiger partial charge in [-0.2, -0.15) is 0 Å². The van der Waals surface area contributed by atoms with Crippen LogP contribution in [0.5, 0.6) is 5.75 Å². The summed E-state index contributed by atoms with van der Waals surface area (Å²) >= 11 is 0. The molecule has 26 heavy (non-hydrogen) atoms. The van der Waals surface area contributed by atoms with Crippen LogP contribution in [-0.2, 0) is 24.7 Å². The van der Waals surface area contributed by atoms with Crippen molar-refractivity contribution in [3.8, 4) is 5.75 Å². The van der Waals surface area contributed by atoms with Crippen LogP contribution in [0.2, 0.25) is 0 Å². The van der Waals surface area contributed by atoms with Crippen molar-refractivity contribution in [1.29, 1.82) is 0 Å². The van der Waals surface area contributed by atoms with Crippen LogP contribution in [0.4, 0.5) is 8.78 Å². The van der Waals surface area contributed by atoms with Gasteiger partial charge in [0.15, 0.2) is 11.9 Å². The molecule has 7 heteroatoms. The van der Waals surface area contributed by atoms with E-state index in [0.717, 1.165) is 0 Å². The number of hydrogen-bond acceptors (Lipinski definition) is 3. The van der Waals surface area contributed by atoms with Crippen LogP contribution >= 0.6 is 0 Å². The lowest BCUT2D eigenvalue weighted by molar-refractivity contribution is -0.127. The molecule has 2 heterocycles. The van der Waals surface area contributed by atoms with E-state index in [0.29, 0.717) is 47.6 Å². The minimum Gasteiger partial charge on any atom is -0.480 e. The molecular formula is C19H17F2N3O2. The Hall–Kier alpha value is -2.96. The van der Waals surface area contributed by atoms with E-state index in [-0.39, 0.29) is 17.5 Å².